The number of thiophene rings is 1. The Bertz CT molecular complexity index is 824. The number of allylic oxidation sites excluding steroid dienone is 2. The highest BCUT2D eigenvalue weighted by molar-refractivity contribution is 7.25. The fraction of sp³-hybridized carbons (Fsp3) is 0.250. The summed E-state index contributed by atoms with van der Waals surface area (Å²) in [6, 6.07) is 13.2. The van der Waals surface area contributed by atoms with Crippen LogP contribution in [0.5, 0.6) is 0 Å². The SMILES string of the molecule is C/C(C=N)=C/Cc1cc2c(cc1C)sc1ccccc12.CC. The molecule has 0 spiro atoms. The first-order valence-electron chi connectivity index (χ1n) is 7.77. The van der Waals surface area contributed by atoms with Crippen LogP contribution in [0, 0.1) is 12.3 Å². The number of aryl methyl sites for hydroxylation is 1. The molecular formula is C20H23NS. The van der Waals surface area contributed by atoms with Crippen LogP contribution in [0.3, 0.4) is 0 Å². The third kappa shape index (κ3) is 3.28. The molecule has 0 saturated carbocycles. The Balaban J connectivity index is 0.000000847. The van der Waals surface area contributed by atoms with Crippen LogP contribution in [0.25, 0.3) is 20.2 Å². The van der Waals surface area contributed by atoms with Crippen molar-refractivity contribution in [3.8, 4) is 0 Å². The number of rotatable bonds is 3. The molecule has 0 atom stereocenters. The van der Waals surface area contributed by atoms with Gasteiger partial charge in [-0.25, -0.2) is 0 Å². The van der Waals surface area contributed by atoms with Crippen LogP contribution >= 0.6 is 11.3 Å². The molecule has 1 N–H and O–H groups in total. The fourth-order valence-electron chi connectivity index (χ4n) is 2.47. The summed E-state index contributed by atoms with van der Waals surface area (Å²) < 4.78 is 2.71. The molecule has 0 radical (unpaired) electrons. The van der Waals surface area contributed by atoms with Crippen molar-refractivity contribution in [1.29, 1.82) is 5.41 Å². The van der Waals surface area contributed by atoms with E-state index in [1.54, 1.807) is 0 Å². The Morgan fingerprint density at radius 3 is 2.55 bits per heavy atom. The monoisotopic (exact) mass is 309 g/mol. The molecule has 1 aromatic heterocycles. The lowest BCUT2D eigenvalue weighted by molar-refractivity contribution is 1.21. The maximum absolute atomic E-state index is 7.25. The second-order valence-electron chi connectivity index (χ2n) is 5.17. The highest BCUT2D eigenvalue weighted by atomic mass is 32.1. The van der Waals surface area contributed by atoms with Crippen LogP contribution < -0.4 is 0 Å². The second kappa shape index (κ2) is 7.37. The molecule has 1 nitrogen and oxygen atoms in total. The number of benzene rings is 2. The van der Waals surface area contributed by atoms with Gasteiger partial charge in [-0.2, -0.15) is 0 Å². The Morgan fingerprint density at radius 1 is 1.09 bits per heavy atom. The maximum atomic E-state index is 7.25. The van der Waals surface area contributed by atoms with Crippen LogP contribution in [0.2, 0.25) is 0 Å². The summed E-state index contributed by atoms with van der Waals surface area (Å²) in [5, 5.41) is 9.95. The summed E-state index contributed by atoms with van der Waals surface area (Å²) in [6.45, 7) is 8.15. The molecule has 0 unspecified atom stereocenters. The molecule has 0 fully saturated rings. The lowest BCUT2D eigenvalue weighted by atomic mass is 10.0. The van der Waals surface area contributed by atoms with E-state index in [9.17, 15) is 0 Å². The smallest absolute Gasteiger partial charge is 0.0358 e. The van der Waals surface area contributed by atoms with Crippen molar-refractivity contribution >= 4 is 37.7 Å². The van der Waals surface area contributed by atoms with Crippen molar-refractivity contribution in [2.24, 2.45) is 0 Å². The summed E-state index contributed by atoms with van der Waals surface area (Å²) in [5.74, 6) is 0. The van der Waals surface area contributed by atoms with Gasteiger partial charge in [-0.15, -0.1) is 11.3 Å². The molecule has 114 valence electrons. The summed E-state index contributed by atoms with van der Waals surface area (Å²) in [7, 11) is 0. The van der Waals surface area contributed by atoms with Gasteiger partial charge in [-0.1, -0.05) is 38.1 Å². The van der Waals surface area contributed by atoms with E-state index in [-0.39, 0.29) is 0 Å². The van der Waals surface area contributed by atoms with Gasteiger partial charge in [0.1, 0.15) is 0 Å². The van der Waals surface area contributed by atoms with Crippen molar-refractivity contribution < 1.29 is 0 Å². The van der Waals surface area contributed by atoms with E-state index in [0.29, 0.717) is 0 Å². The summed E-state index contributed by atoms with van der Waals surface area (Å²) in [4.78, 5) is 0. The predicted molar refractivity (Wildman–Crippen MR) is 102 cm³/mol. The minimum atomic E-state index is 0.896. The number of fused-ring (bicyclic) bond motifs is 3. The van der Waals surface area contributed by atoms with E-state index in [1.165, 1.54) is 37.5 Å². The van der Waals surface area contributed by atoms with Crippen LogP contribution in [0.1, 0.15) is 31.9 Å². The van der Waals surface area contributed by atoms with E-state index in [1.807, 2.05) is 32.1 Å². The first-order chi connectivity index (χ1) is 10.7. The highest BCUT2D eigenvalue weighted by Crippen LogP contribution is 2.35. The molecule has 0 saturated heterocycles. The molecule has 2 aromatic carbocycles. The molecule has 0 aliphatic rings. The first-order valence-corrected chi connectivity index (χ1v) is 8.58. The van der Waals surface area contributed by atoms with E-state index in [0.717, 1.165) is 12.0 Å². The average molecular weight is 309 g/mol. The van der Waals surface area contributed by atoms with Gasteiger partial charge in [0.25, 0.3) is 0 Å². The molecule has 3 aromatic rings. The van der Waals surface area contributed by atoms with Crippen molar-refractivity contribution in [1.82, 2.24) is 0 Å². The summed E-state index contributed by atoms with van der Waals surface area (Å²) in [6.07, 6.45) is 4.43. The third-order valence-corrected chi connectivity index (χ3v) is 4.84. The van der Waals surface area contributed by atoms with E-state index in [2.05, 4.69) is 49.4 Å². The number of hydrogen-bond acceptors (Lipinski definition) is 2. The molecule has 22 heavy (non-hydrogen) atoms. The summed E-state index contributed by atoms with van der Waals surface area (Å²) >= 11 is 1.86. The Morgan fingerprint density at radius 2 is 1.82 bits per heavy atom. The molecule has 0 amide bonds. The van der Waals surface area contributed by atoms with Crippen molar-refractivity contribution in [2.45, 2.75) is 34.1 Å². The molecule has 0 aliphatic heterocycles. The lowest BCUT2D eigenvalue weighted by Crippen LogP contribution is -1.88. The van der Waals surface area contributed by atoms with Crippen molar-refractivity contribution in [3.05, 3.63) is 59.2 Å². The van der Waals surface area contributed by atoms with Crippen molar-refractivity contribution in [3.63, 3.8) is 0 Å². The molecule has 2 heteroatoms. The average Bonchev–Trinajstić information content (AvgIpc) is 2.91. The highest BCUT2D eigenvalue weighted by Gasteiger charge is 2.07. The molecule has 0 bridgehead atoms. The van der Waals surface area contributed by atoms with Gasteiger partial charge in [0.05, 0.1) is 0 Å². The lowest BCUT2D eigenvalue weighted by Gasteiger charge is -2.04. The Hall–Kier alpha value is -1.93. The minimum Gasteiger partial charge on any atom is -0.308 e. The van der Waals surface area contributed by atoms with Gasteiger partial charge < -0.3 is 5.41 Å². The van der Waals surface area contributed by atoms with Crippen LogP contribution in [-0.2, 0) is 6.42 Å². The van der Waals surface area contributed by atoms with Crippen LogP contribution in [0.15, 0.2) is 48.0 Å². The summed E-state index contributed by atoms with van der Waals surface area (Å²) in [5.41, 5.74) is 3.69. The third-order valence-electron chi connectivity index (χ3n) is 3.71. The zero-order chi connectivity index (χ0) is 16.1. The molecular weight excluding hydrogens is 286 g/mol. The van der Waals surface area contributed by atoms with Gasteiger partial charge in [-0.05, 0) is 55.2 Å². The topological polar surface area (TPSA) is 23.9 Å². The first kappa shape index (κ1) is 16.4. The zero-order valence-electron chi connectivity index (χ0n) is 13.7. The largest absolute Gasteiger partial charge is 0.308 e. The zero-order valence-corrected chi connectivity index (χ0v) is 14.6. The Labute approximate surface area is 136 Å². The van der Waals surface area contributed by atoms with Gasteiger partial charge in [-0.3, -0.25) is 0 Å². The standard InChI is InChI=1S/C18H17NS.C2H6/c1-12(11-19)7-8-14-10-16-15-5-3-4-6-17(15)20-18(16)9-13(14)2;1-2/h3-7,9-11,19H,8H2,1-2H3;1-2H3/b12-7-,19-11?;. The minimum absolute atomic E-state index is 0.896. The van der Waals surface area contributed by atoms with E-state index < -0.39 is 0 Å². The van der Waals surface area contributed by atoms with Gasteiger partial charge >= 0.3 is 0 Å². The van der Waals surface area contributed by atoms with Crippen LogP contribution in [-0.4, -0.2) is 6.21 Å². The quantitative estimate of drug-likeness (QED) is 0.532. The molecule has 1 heterocycles. The number of hydrogen-bond donors (Lipinski definition) is 1. The van der Waals surface area contributed by atoms with Gasteiger partial charge in [0, 0.05) is 26.4 Å². The maximum Gasteiger partial charge on any atom is 0.0358 e. The number of nitrogens with one attached hydrogen (secondary N) is 1. The Kier molecular flexibility index (Phi) is 5.51. The van der Waals surface area contributed by atoms with Crippen molar-refractivity contribution in [2.75, 3.05) is 0 Å². The fourth-order valence-corrected chi connectivity index (χ4v) is 3.65. The molecule has 0 aliphatic carbocycles. The normalized spacial score (nSPS) is 11.4. The predicted octanol–water partition coefficient (Wildman–Crippen LogP) is 6.53. The second-order valence-corrected chi connectivity index (χ2v) is 6.25. The van der Waals surface area contributed by atoms with E-state index in [4.69, 9.17) is 5.41 Å². The van der Waals surface area contributed by atoms with Gasteiger partial charge in [0.2, 0.25) is 0 Å². The van der Waals surface area contributed by atoms with Crippen LogP contribution in [0.4, 0.5) is 0 Å². The van der Waals surface area contributed by atoms with Gasteiger partial charge in [0.15, 0.2) is 0 Å². The molecule has 3 rings (SSSR count). The van der Waals surface area contributed by atoms with E-state index >= 15 is 0 Å².